The van der Waals surface area contributed by atoms with Crippen molar-refractivity contribution in [1.29, 1.82) is 0 Å². The van der Waals surface area contributed by atoms with E-state index in [4.69, 9.17) is 19.9 Å². The second-order valence-electron chi connectivity index (χ2n) is 4.44. The number of methoxy groups -OCH3 is 3. The van der Waals surface area contributed by atoms with Crippen LogP contribution in [0.3, 0.4) is 0 Å². The molecule has 0 bridgehead atoms. The summed E-state index contributed by atoms with van der Waals surface area (Å²) in [6.07, 6.45) is 0. The van der Waals surface area contributed by atoms with Crippen molar-refractivity contribution in [3.05, 3.63) is 52.0 Å². The van der Waals surface area contributed by atoms with Gasteiger partial charge in [0, 0.05) is 16.6 Å². The zero-order valence-corrected chi connectivity index (χ0v) is 13.8. The molecule has 0 amide bonds. The van der Waals surface area contributed by atoms with Gasteiger partial charge in [0.25, 0.3) is 0 Å². The van der Waals surface area contributed by atoms with Crippen LogP contribution in [-0.2, 0) is 0 Å². The lowest BCUT2D eigenvalue weighted by atomic mass is 9.97. The van der Waals surface area contributed by atoms with E-state index >= 15 is 0 Å². The molecule has 0 fully saturated rings. The van der Waals surface area contributed by atoms with Gasteiger partial charge in [-0.25, -0.2) is 0 Å². The van der Waals surface area contributed by atoms with Crippen LogP contribution in [0.1, 0.15) is 17.2 Å². The Kier molecular flexibility index (Phi) is 5.09. The number of ether oxygens (including phenoxy) is 3. The van der Waals surface area contributed by atoms with Crippen molar-refractivity contribution >= 4 is 15.9 Å². The van der Waals surface area contributed by atoms with Crippen molar-refractivity contribution in [2.24, 2.45) is 5.73 Å². The van der Waals surface area contributed by atoms with Gasteiger partial charge in [-0.3, -0.25) is 0 Å². The van der Waals surface area contributed by atoms with Crippen molar-refractivity contribution in [2.45, 2.75) is 6.04 Å². The zero-order valence-electron chi connectivity index (χ0n) is 12.2. The van der Waals surface area contributed by atoms with Gasteiger partial charge in [-0.2, -0.15) is 0 Å². The first-order valence-corrected chi connectivity index (χ1v) is 7.21. The molecule has 0 aliphatic rings. The minimum atomic E-state index is -0.378. The SMILES string of the molecule is COc1cc(OC)c(C(N)c2ccccc2Br)c(OC)c1. The first-order valence-electron chi connectivity index (χ1n) is 6.42. The van der Waals surface area contributed by atoms with Crippen LogP contribution in [0, 0.1) is 0 Å². The van der Waals surface area contributed by atoms with Crippen molar-refractivity contribution < 1.29 is 14.2 Å². The summed E-state index contributed by atoms with van der Waals surface area (Å²) in [5.41, 5.74) is 8.17. The van der Waals surface area contributed by atoms with Crippen molar-refractivity contribution in [2.75, 3.05) is 21.3 Å². The fourth-order valence-electron chi connectivity index (χ4n) is 2.22. The van der Waals surface area contributed by atoms with Gasteiger partial charge in [-0.15, -0.1) is 0 Å². The van der Waals surface area contributed by atoms with Crippen molar-refractivity contribution in [3.63, 3.8) is 0 Å². The molecule has 2 aromatic rings. The third kappa shape index (κ3) is 3.14. The molecule has 2 rings (SSSR count). The summed E-state index contributed by atoms with van der Waals surface area (Å²) in [7, 11) is 4.80. The lowest BCUT2D eigenvalue weighted by molar-refractivity contribution is 0.366. The predicted molar refractivity (Wildman–Crippen MR) is 86.3 cm³/mol. The summed E-state index contributed by atoms with van der Waals surface area (Å²) in [6.45, 7) is 0. The molecule has 0 saturated carbocycles. The first-order chi connectivity index (χ1) is 10.1. The fraction of sp³-hybridized carbons (Fsp3) is 0.250. The van der Waals surface area contributed by atoms with Gasteiger partial charge in [0.2, 0.25) is 0 Å². The highest BCUT2D eigenvalue weighted by Gasteiger charge is 2.22. The number of benzene rings is 2. The van der Waals surface area contributed by atoms with Crippen LogP contribution in [0.5, 0.6) is 17.2 Å². The van der Waals surface area contributed by atoms with Gasteiger partial charge >= 0.3 is 0 Å². The van der Waals surface area contributed by atoms with E-state index in [0.717, 1.165) is 15.6 Å². The quantitative estimate of drug-likeness (QED) is 0.895. The molecule has 1 unspecified atom stereocenters. The largest absolute Gasteiger partial charge is 0.496 e. The Hall–Kier alpha value is -1.72. The molecule has 5 heteroatoms. The van der Waals surface area contributed by atoms with Gasteiger partial charge in [0.15, 0.2) is 0 Å². The topological polar surface area (TPSA) is 53.7 Å². The summed E-state index contributed by atoms with van der Waals surface area (Å²) in [5, 5.41) is 0. The lowest BCUT2D eigenvalue weighted by Gasteiger charge is -2.21. The van der Waals surface area contributed by atoms with Crippen LogP contribution >= 0.6 is 15.9 Å². The number of hydrogen-bond acceptors (Lipinski definition) is 4. The molecular weight excluding hydrogens is 334 g/mol. The maximum atomic E-state index is 6.43. The third-order valence-electron chi connectivity index (χ3n) is 3.30. The summed E-state index contributed by atoms with van der Waals surface area (Å²) in [6, 6.07) is 11.0. The summed E-state index contributed by atoms with van der Waals surface area (Å²) in [5.74, 6) is 1.93. The highest BCUT2D eigenvalue weighted by atomic mass is 79.9. The Bertz CT molecular complexity index is 606. The maximum Gasteiger partial charge on any atom is 0.131 e. The van der Waals surface area contributed by atoms with E-state index in [2.05, 4.69) is 15.9 Å². The summed E-state index contributed by atoms with van der Waals surface area (Å²) >= 11 is 3.53. The first kappa shape index (κ1) is 15.7. The van der Waals surface area contributed by atoms with Crippen LogP contribution in [-0.4, -0.2) is 21.3 Å². The van der Waals surface area contributed by atoms with E-state index in [1.54, 1.807) is 33.5 Å². The minimum Gasteiger partial charge on any atom is -0.496 e. The number of hydrogen-bond donors (Lipinski definition) is 1. The van der Waals surface area contributed by atoms with Crippen LogP contribution in [0.25, 0.3) is 0 Å². The second kappa shape index (κ2) is 6.83. The standard InChI is InChI=1S/C16H18BrNO3/c1-19-10-8-13(20-2)15(14(9-10)21-3)16(18)11-6-4-5-7-12(11)17/h4-9,16H,18H2,1-3H3. The number of halogens is 1. The van der Waals surface area contributed by atoms with E-state index in [1.165, 1.54) is 0 Å². The molecule has 0 aromatic heterocycles. The zero-order chi connectivity index (χ0) is 15.4. The Morgan fingerprint density at radius 1 is 0.952 bits per heavy atom. The second-order valence-corrected chi connectivity index (χ2v) is 5.30. The molecule has 2 N–H and O–H groups in total. The molecule has 1 atom stereocenters. The van der Waals surface area contributed by atoms with Gasteiger partial charge in [-0.1, -0.05) is 34.1 Å². The van der Waals surface area contributed by atoms with Crippen LogP contribution in [0.4, 0.5) is 0 Å². The molecule has 21 heavy (non-hydrogen) atoms. The molecule has 0 saturated heterocycles. The normalized spacial score (nSPS) is 11.9. The molecule has 0 aliphatic heterocycles. The van der Waals surface area contributed by atoms with Gasteiger partial charge in [-0.05, 0) is 11.6 Å². The lowest BCUT2D eigenvalue weighted by Crippen LogP contribution is -2.15. The highest BCUT2D eigenvalue weighted by molar-refractivity contribution is 9.10. The Morgan fingerprint density at radius 2 is 1.52 bits per heavy atom. The Labute approximate surface area is 132 Å². The molecule has 4 nitrogen and oxygen atoms in total. The monoisotopic (exact) mass is 351 g/mol. The average molecular weight is 352 g/mol. The van der Waals surface area contributed by atoms with Crippen LogP contribution < -0.4 is 19.9 Å². The Morgan fingerprint density at radius 3 is 2.00 bits per heavy atom. The molecule has 0 heterocycles. The third-order valence-corrected chi connectivity index (χ3v) is 4.03. The van der Waals surface area contributed by atoms with Gasteiger partial charge in [0.1, 0.15) is 17.2 Å². The van der Waals surface area contributed by atoms with Crippen LogP contribution in [0.2, 0.25) is 0 Å². The van der Waals surface area contributed by atoms with E-state index in [0.29, 0.717) is 17.2 Å². The van der Waals surface area contributed by atoms with Gasteiger partial charge in [0.05, 0.1) is 32.9 Å². The summed E-state index contributed by atoms with van der Waals surface area (Å²) in [4.78, 5) is 0. The highest BCUT2D eigenvalue weighted by Crippen LogP contribution is 2.40. The van der Waals surface area contributed by atoms with E-state index in [9.17, 15) is 0 Å². The number of nitrogens with two attached hydrogens (primary N) is 1. The van der Waals surface area contributed by atoms with Crippen molar-refractivity contribution in [3.8, 4) is 17.2 Å². The smallest absolute Gasteiger partial charge is 0.131 e. The minimum absolute atomic E-state index is 0.378. The van der Waals surface area contributed by atoms with E-state index in [-0.39, 0.29) is 6.04 Å². The van der Waals surface area contributed by atoms with E-state index < -0.39 is 0 Å². The molecule has 2 aromatic carbocycles. The molecule has 0 spiro atoms. The predicted octanol–water partition coefficient (Wildman–Crippen LogP) is 3.52. The number of rotatable bonds is 5. The summed E-state index contributed by atoms with van der Waals surface area (Å²) < 4.78 is 17.1. The molecular formula is C16H18BrNO3. The maximum absolute atomic E-state index is 6.43. The van der Waals surface area contributed by atoms with E-state index in [1.807, 2.05) is 24.3 Å². The molecule has 112 valence electrons. The fourth-order valence-corrected chi connectivity index (χ4v) is 2.75. The average Bonchev–Trinajstić information content (AvgIpc) is 2.53. The molecule has 0 radical (unpaired) electrons. The van der Waals surface area contributed by atoms with Crippen molar-refractivity contribution in [1.82, 2.24) is 0 Å². The van der Waals surface area contributed by atoms with Crippen LogP contribution in [0.15, 0.2) is 40.9 Å². The van der Waals surface area contributed by atoms with Gasteiger partial charge < -0.3 is 19.9 Å². The molecule has 0 aliphatic carbocycles. The Balaban J connectivity index is 2.59.